The van der Waals surface area contributed by atoms with Gasteiger partial charge in [-0.2, -0.15) is 0 Å². The lowest BCUT2D eigenvalue weighted by atomic mass is 9.86. The Balaban J connectivity index is 2.50. The molecular formula is C13H19N. The summed E-state index contributed by atoms with van der Waals surface area (Å²) in [5, 5.41) is 0. The molecule has 1 nitrogen and oxygen atoms in total. The average molecular weight is 189 g/mol. The fourth-order valence-electron chi connectivity index (χ4n) is 2.38. The highest BCUT2D eigenvalue weighted by Gasteiger charge is 2.26. The fraction of sp³-hybridized carbons (Fsp3) is 0.538. The molecule has 0 N–H and O–H groups in total. The summed E-state index contributed by atoms with van der Waals surface area (Å²) in [5.41, 5.74) is 4.41. The smallest absolute Gasteiger partial charge is 0.0401 e. The van der Waals surface area contributed by atoms with Crippen LogP contribution in [0.3, 0.4) is 0 Å². The van der Waals surface area contributed by atoms with Gasteiger partial charge >= 0.3 is 0 Å². The van der Waals surface area contributed by atoms with Gasteiger partial charge in [0.2, 0.25) is 0 Å². The highest BCUT2D eigenvalue weighted by atomic mass is 15.1. The van der Waals surface area contributed by atoms with Gasteiger partial charge in [0.1, 0.15) is 0 Å². The molecule has 0 aliphatic carbocycles. The molecule has 0 saturated heterocycles. The predicted octanol–water partition coefficient (Wildman–Crippen LogP) is 3.01. The largest absolute Gasteiger partial charge is 0.371 e. The monoisotopic (exact) mass is 189 g/mol. The molecule has 0 spiro atoms. The molecule has 2 rings (SSSR count). The first kappa shape index (κ1) is 9.57. The third kappa shape index (κ3) is 1.31. The minimum absolute atomic E-state index is 0.657. The van der Waals surface area contributed by atoms with Crippen LogP contribution in [0.15, 0.2) is 18.2 Å². The Morgan fingerprint density at radius 1 is 1.29 bits per heavy atom. The number of hydrogen-bond donors (Lipinski definition) is 0. The minimum atomic E-state index is 0.657. The van der Waals surface area contributed by atoms with Crippen molar-refractivity contribution in [3.63, 3.8) is 0 Å². The highest BCUT2D eigenvalue weighted by molar-refractivity contribution is 5.58. The number of rotatable bonds is 0. The molecule has 0 bridgehead atoms. The average Bonchev–Trinajstić information content (AvgIpc) is 2.17. The summed E-state index contributed by atoms with van der Waals surface area (Å²) in [6.07, 6.45) is 1.23. The van der Waals surface area contributed by atoms with Crippen LogP contribution in [0.4, 0.5) is 5.69 Å². The Morgan fingerprint density at radius 3 is 2.71 bits per heavy atom. The summed E-state index contributed by atoms with van der Waals surface area (Å²) in [7, 11) is 2.21. The van der Waals surface area contributed by atoms with Crippen LogP contribution in [0.25, 0.3) is 0 Å². The van der Waals surface area contributed by atoms with Crippen LogP contribution < -0.4 is 4.90 Å². The first-order valence-corrected chi connectivity index (χ1v) is 5.42. The van der Waals surface area contributed by atoms with Crippen LogP contribution in [0, 0.1) is 12.8 Å². The van der Waals surface area contributed by atoms with Crippen molar-refractivity contribution >= 4 is 5.69 Å². The molecule has 76 valence electrons. The molecule has 1 heterocycles. The summed E-state index contributed by atoms with van der Waals surface area (Å²) in [4.78, 5) is 2.41. The topological polar surface area (TPSA) is 3.24 Å². The molecular weight excluding hydrogens is 170 g/mol. The van der Waals surface area contributed by atoms with E-state index in [1.807, 2.05) is 0 Å². The number of nitrogens with zero attached hydrogens (tertiary/aromatic N) is 1. The first-order valence-electron chi connectivity index (χ1n) is 5.42. The number of fused-ring (bicyclic) bond motifs is 1. The first-order chi connectivity index (χ1) is 6.61. The van der Waals surface area contributed by atoms with Gasteiger partial charge in [0.25, 0.3) is 0 Å². The standard InChI is InChI=1S/C13H19N/c1-9-6-5-7-13-12(9)8-10(2)11(3)14(13)4/h5-7,10-11H,8H2,1-4H3. The molecule has 2 unspecified atom stereocenters. The Labute approximate surface area is 86.7 Å². The number of hydrogen-bond acceptors (Lipinski definition) is 1. The van der Waals surface area contributed by atoms with Gasteiger partial charge in [-0.15, -0.1) is 0 Å². The lowest BCUT2D eigenvalue weighted by Crippen LogP contribution is -2.39. The second-order valence-electron chi connectivity index (χ2n) is 4.61. The van der Waals surface area contributed by atoms with E-state index in [4.69, 9.17) is 0 Å². The molecule has 1 aliphatic rings. The zero-order valence-electron chi connectivity index (χ0n) is 9.54. The summed E-state index contributed by atoms with van der Waals surface area (Å²) in [5.74, 6) is 0.758. The van der Waals surface area contributed by atoms with Gasteiger partial charge in [-0.3, -0.25) is 0 Å². The summed E-state index contributed by atoms with van der Waals surface area (Å²) in [6.45, 7) is 6.88. The van der Waals surface area contributed by atoms with E-state index in [9.17, 15) is 0 Å². The Kier molecular flexibility index (Phi) is 2.26. The molecule has 1 aromatic rings. The van der Waals surface area contributed by atoms with Crippen LogP contribution in [0.1, 0.15) is 25.0 Å². The molecule has 1 aromatic carbocycles. The van der Waals surface area contributed by atoms with Gasteiger partial charge in [0, 0.05) is 18.8 Å². The van der Waals surface area contributed by atoms with Crippen molar-refractivity contribution in [2.24, 2.45) is 5.92 Å². The summed E-state index contributed by atoms with van der Waals surface area (Å²) in [6, 6.07) is 7.28. The maximum atomic E-state index is 2.41. The van der Waals surface area contributed by atoms with E-state index in [-0.39, 0.29) is 0 Å². The molecule has 1 aliphatic heterocycles. The minimum Gasteiger partial charge on any atom is -0.371 e. The van der Waals surface area contributed by atoms with Crippen LogP contribution in [-0.2, 0) is 6.42 Å². The Morgan fingerprint density at radius 2 is 2.00 bits per heavy atom. The van der Waals surface area contributed by atoms with E-state index >= 15 is 0 Å². The van der Waals surface area contributed by atoms with Crippen molar-refractivity contribution in [1.29, 1.82) is 0 Å². The molecule has 14 heavy (non-hydrogen) atoms. The van der Waals surface area contributed by atoms with Gasteiger partial charge < -0.3 is 4.90 Å². The lowest BCUT2D eigenvalue weighted by Gasteiger charge is -2.39. The number of anilines is 1. The van der Waals surface area contributed by atoms with E-state index in [0.717, 1.165) is 5.92 Å². The fourth-order valence-corrected chi connectivity index (χ4v) is 2.38. The van der Waals surface area contributed by atoms with Gasteiger partial charge in [-0.05, 0) is 43.4 Å². The van der Waals surface area contributed by atoms with E-state index in [0.29, 0.717) is 6.04 Å². The second-order valence-corrected chi connectivity index (χ2v) is 4.61. The van der Waals surface area contributed by atoms with E-state index in [1.165, 1.54) is 17.7 Å². The molecule has 2 atom stereocenters. The highest BCUT2D eigenvalue weighted by Crippen LogP contribution is 2.34. The van der Waals surface area contributed by atoms with Crippen molar-refractivity contribution in [1.82, 2.24) is 0 Å². The zero-order chi connectivity index (χ0) is 10.3. The van der Waals surface area contributed by atoms with Gasteiger partial charge in [0.05, 0.1) is 0 Å². The normalized spacial score (nSPS) is 26.1. The third-order valence-corrected chi connectivity index (χ3v) is 3.73. The van der Waals surface area contributed by atoms with Crippen LogP contribution in [-0.4, -0.2) is 13.1 Å². The van der Waals surface area contributed by atoms with Gasteiger partial charge in [-0.25, -0.2) is 0 Å². The predicted molar refractivity (Wildman–Crippen MR) is 61.9 cm³/mol. The number of aryl methyl sites for hydroxylation is 1. The molecule has 1 heteroatoms. The van der Waals surface area contributed by atoms with Crippen molar-refractivity contribution < 1.29 is 0 Å². The van der Waals surface area contributed by atoms with Crippen molar-refractivity contribution in [3.8, 4) is 0 Å². The van der Waals surface area contributed by atoms with Gasteiger partial charge in [0.15, 0.2) is 0 Å². The molecule has 0 saturated carbocycles. The maximum absolute atomic E-state index is 2.41. The molecule has 0 amide bonds. The van der Waals surface area contributed by atoms with Crippen LogP contribution >= 0.6 is 0 Å². The quantitative estimate of drug-likeness (QED) is 0.606. The van der Waals surface area contributed by atoms with Crippen LogP contribution in [0.2, 0.25) is 0 Å². The maximum Gasteiger partial charge on any atom is 0.0401 e. The van der Waals surface area contributed by atoms with Gasteiger partial charge in [-0.1, -0.05) is 19.1 Å². The molecule has 0 radical (unpaired) electrons. The summed E-state index contributed by atoms with van der Waals surface area (Å²) < 4.78 is 0. The van der Waals surface area contributed by atoms with Crippen molar-refractivity contribution in [3.05, 3.63) is 29.3 Å². The summed E-state index contributed by atoms with van der Waals surface area (Å²) >= 11 is 0. The second kappa shape index (κ2) is 3.30. The third-order valence-electron chi connectivity index (χ3n) is 3.73. The SMILES string of the molecule is Cc1cccc2c1CC(C)C(C)N2C. The molecule has 0 fully saturated rings. The van der Waals surface area contributed by atoms with E-state index < -0.39 is 0 Å². The zero-order valence-corrected chi connectivity index (χ0v) is 9.54. The Bertz CT molecular complexity index is 343. The molecule has 0 aromatic heterocycles. The van der Waals surface area contributed by atoms with Crippen molar-refractivity contribution in [2.45, 2.75) is 33.2 Å². The van der Waals surface area contributed by atoms with E-state index in [2.05, 4.69) is 50.9 Å². The van der Waals surface area contributed by atoms with E-state index in [1.54, 1.807) is 5.56 Å². The van der Waals surface area contributed by atoms with Crippen molar-refractivity contribution in [2.75, 3.05) is 11.9 Å². The van der Waals surface area contributed by atoms with Crippen LogP contribution in [0.5, 0.6) is 0 Å². The number of benzene rings is 1. The Hall–Kier alpha value is -0.980. The lowest BCUT2D eigenvalue weighted by molar-refractivity contribution is 0.442.